The van der Waals surface area contributed by atoms with Crippen molar-refractivity contribution < 1.29 is 9.18 Å². The van der Waals surface area contributed by atoms with Crippen LogP contribution in [0.4, 0.5) is 10.1 Å². The molecular formula is C12H18FN3O. The van der Waals surface area contributed by atoms with E-state index >= 15 is 0 Å². The van der Waals surface area contributed by atoms with Gasteiger partial charge in [0.15, 0.2) is 0 Å². The van der Waals surface area contributed by atoms with Crippen molar-refractivity contribution in [2.24, 2.45) is 0 Å². The van der Waals surface area contributed by atoms with E-state index in [1.54, 1.807) is 13.1 Å². The van der Waals surface area contributed by atoms with E-state index in [-0.39, 0.29) is 18.3 Å². The number of rotatable bonds is 5. The molecule has 0 heterocycles. The lowest BCUT2D eigenvalue weighted by Gasteiger charge is -2.20. The molecule has 0 saturated carbocycles. The van der Waals surface area contributed by atoms with Gasteiger partial charge in [-0.15, -0.1) is 0 Å². The fraction of sp³-hybridized carbons (Fsp3) is 0.417. The van der Waals surface area contributed by atoms with Crippen LogP contribution in [0.3, 0.4) is 0 Å². The smallest absolute Gasteiger partial charge is 0.233 e. The highest BCUT2D eigenvalue weighted by molar-refractivity contribution is 5.77. The molecule has 0 fully saturated rings. The lowest BCUT2D eigenvalue weighted by Crippen LogP contribution is -2.35. The van der Waals surface area contributed by atoms with Gasteiger partial charge in [0.1, 0.15) is 5.82 Å². The number of carbonyl (C=O) groups is 1. The molecule has 0 radical (unpaired) electrons. The lowest BCUT2D eigenvalue weighted by molar-refractivity contribution is -0.121. The normalized spacial score (nSPS) is 10.6. The quantitative estimate of drug-likeness (QED) is 0.753. The molecule has 0 bridgehead atoms. The average Bonchev–Trinajstić information content (AvgIpc) is 2.32. The van der Waals surface area contributed by atoms with Crippen LogP contribution in [-0.4, -0.2) is 30.9 Å². The molecule has 1 rings (SSSR count). The monoisotopic (exact) mass is 239 g/mol. The van der Waals surface area contributed by atoms with Crippen molar-refractivity contribution in [3.8, 4) is 0 Å². The zero-order valence-corrected chi connectivity index (χ0v) is 10.2. The number of nitrogen functional groups attached to an aromatic ring is 1. The molecule has 1 aromatic rings. The third kappa shape index (κ3) is 4.03. The zero-order valence-electron chi connectivity index (χ0n) is 10.2. The standard InChI is InChI=1S/C12H18FN3O/c1-3-16(8-12(17)15-2)7-9-6-10(13)4-5-11(9)14/h4-6H,3,7-8,14H2,1-2H3,(H,15,17). The van der Waals surface area contributed by atoms with Gasteiger partial charge in [0.05, 0.1) is 6.54 Å². The molecule has 0 atom stereocenters. The van der Waals surface area contributed by atoms with Gasteiger partial charge in [-0.1, -0.05) is 6.92 Å². The Kier molecular flexibility index (Phi) is 4.90. The number of hydrogen-bond donors (Lipinski definition) is 2. The van der Waals surface area contributed by atoms with Gasteiger partial charge >= 0.3 is 0 Å². The topological polar surface area (TPSA) is 58.4 Å². The summed E-state index contributed by atoms with van der Waals surface area (Å²) in [6.07, 6.45) is 0. The molecule has 1 aromatic carbocycles. The second-order valence-electron chi connectivity index (χ2n) is 3.82. The predicted molar refractivity (Wildman–Crippen MR) is 65.8 cm³/mol. The number of nitrogens with two attached hydrogens (primary N) is 1. The van der Waals surface area contributed by atoms with Crippen molar-refractivity contribution in [1.29, 1.82) is 0 Å². The van der Waals surface area contributed by atoms with Gasteiger partial charge in [0.25, 0.3) is 0 Å². The summed E-state index contributed by atoms with van der Waals surface area (Å²) >= 11 is 0. The minimum atomic E-state index is -0.315. The Morgan fingerprint density at radius 1 is 1.53 bits per heavy atom. The molecule has 0 aliphatic carbocycles. The molecule has 0 saturated heterocycles. The van der Waals surface area contributed by atoms with Crippen LogP contribution in [0.1, 0.15) is 12.5 Å². The van der Waals surface area contributed by atoms with Crippen LogP contribution in [0.15, 0.2) is 18.2 Å². The molecule has 0 aliphatic heterocycles. The largest absolute Gasteiger partial charge is 0.398 e. The van der Waals surface area contributed by atoms with Gasteiger partial charge in [-0.2, -0.15) is 0 Å². The number of halogens is 1. The van der Waals surface area contributed by atoms with Crippen LogP contribution in [0.5, 0.6) is 0 Å². The Balaban J connectivity index is 2.73. The van der Waals surface area contributed by atoms with Gasteiger partial charge in [-0.3, -0.25) is 9.69 Å². The molecule has 1 amide bonds. The summed E-state index contributed by atoms with van der Waals surface area (Å²) in [5.41, 5.74) is 7.01. The first-order valence-corrected chi connectivity index (χ1v) is 5.53. The van der Waals surface area contributed by atoms with Crippen LogP contribution in [-0.2, 0) is 11.3 Å². The molecule has 4 nitrogen and oxygen atoms in total. The van der Waals surface area contributed by atoms with E-state index < -0.39 is 0 Å². The van der Waals surface area contributed by atoms with Crippen LogP contribution in [0.25, 0.3) is 0 Å². The molecule has 17 heavy (non-hydrogen) atoms. The maximum absolute atomic E-state index is 13.1. The first kappa shape index (κ1) is 13.4. The number of hydrogen-bond acceptors (Lipinski definition) is 3. The maximum atomic E-state index is 13.1. The van der Waals surface area contributed by atoms with E-state index in [2.05, 4.69) is 5.32 Å². The fourth-order valence-corrected chi connectivity index (χ4v) is 1.51. The maximum Gasteiger partial charge on any atom is 0.233 e. The minimum Gasteiger partial charge on any atom is -0.398 e. The number of anilines is 1. The van der Waals surface area contributed by atoms with Crippen LogP contribution >= 0.6 is 0 Å². The van der Waals surface area contributed by atoms with E-state index in [1.165, 1.54) is 12.1 Å². The van der Waals surface area contributed by atoms with Crippen LogP contribution < -0.4 is 11.1 Å². The molecule has 0 aromatic heterocycles. The highest BCUT2D eigenvalue weighted by atomic mass is 19.1. The molecule has 0 unspecified atom stereocenters. The molecule has 3 N–H and O–H groups in total. The molecule has 0 spiro atoms. The Hall–Kier alpha value is -1.62. The Morgan fingerprint density at radius 2 is 2.24 bits per heavy atom. The molecule has 94 valence electrons. The number of carbonyl (C=O) groups excluding carboxylic acids is 1. The number of nitrogens with zero attached hydrogens (tertiary/aromatic N) is 1. The van der Waals surface area contributed by atoms with Gasteiger partial charge in [0, 0.05) is 19.3 Å². The predicted octanol–water partition coefficient (Wildman–Crippen LogP) is 0.976. The van der Waals surface area contributed by atoms with Crippen molar-refractivity contribution in [3.05, 3.63) is 29.6 Å². The number of nitrogens with one attached hydrogen (secondary N) is 1. The third-order valence-corrected chi connectivity index (χ3v) is 2.59. The molecule has 0 aliphatic rings. The highest BCUT2D eigenvalue weighted by Crippen LogP contribution is 2.15. The fourth-order valence-electron chi connectivity index (χ4n) is 1.51. The van der Waals surface area contributed by atoms with Gasteiger partial charge in [-0.25, -0.2) is 4.39 Å². The highest BCUT2D eigenvalue weighted by Gasteiger charge is 2.10. The van der Waals surface area contributed by atoms with Gasteiger partial charge < -0.3 is 11.1 Å². The van der Waals surface area contributed by atoms with Crippen molar-refractivity contribution in [2.45, 2.75) is 13.5 Å². The van der Waals surface area contributed by atoms with E-state index in [0.29, 0.717) is 24.3 Å². The first-order chi connectivity index (χ1) is 8.06. The van der Waals surface area contributed by atoms with Crippen molar-refractivity contribution in [2.75, 3.05) is 25.9 Å². The average molecular weight is 239 g/mol. The van der Waals surface area contributed by atoms with Gasteiger partial charge in [0.2, 0.25) is 5.91 Å². The summed E-state index contributed by atoms with van der Waals surface area (Å²) in [7, 11) is 1.59. The summed E-state index contributed by atoms with van der Waals surface area (Å²) in [5, 5.41) is 2.56. The van der Waals surface area contributed by atoms with Crippen molar-refractivity contribution in [3.63, 3.8) is 0 Å². The second-order valence-corrected chi connectivity index (χ2v) is 3.82. The Labute approximate surface area is 101 Å². The van der Waals surface area contributed by atoms with E-state index in [0.717, 1.165) is 0 Å². The number of amides is 1. The second kappa shape index (κ2) is 6.20. The van der Waals surface area contributed by atoms with E-state index in [4.69, 9.17) is 5.73 Å². The van der Waals surface area contributed by atoms with Crippen LogP contribution in [0.2, 0.25) is 0 Å². The first-order valence-electron chi connectivity index (χ1n) is 5.53. The summed E-state index contributed by atoms with van der Waals surface area (Å²) in [4.78, 5) is 13.2. The minimum absolute atomic E-state index is 0.0678. The van der Waals surface area contributed by atoms with Gasteiger partial charge in [-0.05, 0) is 30.3 Å². The Morgan fingerprint density at radius 3 is 2.82 bits per heavy atom. The molecule has 5 heteroatoms. The molecular weight excluding hydrogens is 221 g/mol. The van der Waals surface area contributed by atoms with Crippen molar-refractivity contribution >= 4 is 11.6 Å². The Bertz CT molecular complexity index is 395. The van der Waals surface area contributed by atoms with Crippen LogP contribution in [0, 0.1) is 5.82 Å². The number of likely N-dealkylation sites (N-methyl/N-ethyl adjacent to an activating group) is 2. The third-order valence-electron chi connectivity index (χ3n) is 2.59. The summed E-state index contributed by atoms with van der Waals surface area (Å²) in [6.45, 7) is 3.39. The van der Waals surface area contributed by atoms with Crippen molar-refractivity contribution in [1.82, 2.24) is 10.2 Å². The lowest BCUT2D eigenvalue weighted by atomic mass is 10.1. The summed E-state index contributed by atoms with van der Waals surface area (Å²) in [6, 6.07) is 4.27. The number of benzene rings is 1. The van der Waals surface area contributed by atoms with E-state index in [9.17, 15) is 9.18 Å². The SMILES string of the molecule is CCN(CC(=O)NC)Cc1cc(F)ccc1N. The summed E-state index contributed by atoms with van der Waals surface area (Å²) < 4.78 is 13.1. The van der Waals surface area contributed by atoms with E-state index in [1.807, 2.05) is 11.8 Å². The zero-order chi connectivity index (χ0) is 12.8. The summed E-state index contributed by atoms with van der Waals surface area (Å²) in [5.74, 6) is -0.382.